The molecule has 1 atom stereocenters. The number of carbonyl (C=O) groups excluding carboxylic acids is 1. The third-order valence-corrected chi connectivity index (χ3v) is 4.43. The highest BCUT2D eigenvalue weighted by molar-refractivity contribution is 5.78. The van der Waals surface area contributed by atoms with E-state index in [1.165, 1.54) is 19.4 Å². The molecule has 0 saturated carbocycles. The molecule has 1 amide bonds. The summed E-state index contributed by atoms with van der Waals surface area (Å²) in [4.78, 5) is 16.8. The van der Waals surface area contributed by atoms with Crippen molar-refractivity contribution < 1.29 is 9.53 Å². The Bertz CT molecular complexity index is 506. The second kappa shape index (κ2) is 6.35. The highest BCUT2D eigenvalue weighted by Gasteiger charge is 2.30. The lowest BCUT2D eigenvalue weighted by atomic mass is 10.2. The Kier molecular flexibility index (Phi) is 4.29. The Morgan fingerprint density at radius 3 is 2.90 bits per heavy atom. The van der Waals surface area contributed by atoms with Gasteiger partial charge >= 0.3 is 0 Å². The zero-order valence-electron chi connectivity index (χ0n) is 12.3. The van der Waals surface area contributed by atoms with Crippen molar-refractivity contribution in [1.82, 2.24) is 9.80 Å². The second-order valence-corrected chi connectivity index (χ2v) is 5.85. The standard InChI is InChI=1S/C16H23N3O2/c17-14-6-1-2-7-15(14)21-12-16(20)19-10-4-9-18-8-3-5-13(18)11-19/h1-2,6-7,13H,3-5,8-12,17H2. The number of anilines is 1. The quantitative estimate of drug-likeness (QED) is 0.853. The molecule has 2 fully saturated rings. The van der Waals surface area contributed by atoms with Crippen LogP contribution in [0.25, 0.3) is 0 Å². The van der Waals surface area contributed by atoms with Gasteiger partial charge in [-0.1, -0.05) is 12.1 Å². The predicted molar refractivity (Wildman–Crippen MR) is 82.1 cm³/mol. The lowest BCUT2D eigenvalue weighted by Gasteiger charge is -2.25. The van der Waals surface area contributed by atoms with Gasteiger partial charge in [0.05, 0.1) is 5.69 Å². The smallest absolute Gasteiger partial charge is 0.260 e. The Morgan fingerprint density at radius 1 is 1.24 bits per heavy atom. The molecule has 21 heavy (non-hydrogen) atoms. The SMILES string of the molecule is Nc1ccccc1OCC(=O)N1CCCN2CCCC2C1. The van der Waals surface area contributed by atoms with Gasteiger partial charge in [0.25, 0.3) is 5.91 Å². The van der Waals surface area contributed by atoms with Crippen LogP contribution >= 0.6 is 0 Å². The van der Waals surface area contributed by atoms with Gasteiger partial charge in [0.1, 0.15) is 5.75 Å². The summed E-state index contributed by atoms with van der Waals surface area (Å²) >= 11 is 0. The molecule has 2 aliphatic heterocycles. The molecule has 2 aliphatic rings. The summed E-state index contributed by atoms with van der Waals surface area (Å²) in [6.45, 7) is 4.04. The highest BCUT2D eigenvalue weighted by atomic mass is 16.5. The minimum atomic E-state index is 0.0620. The van der Waals surface area contributed by atoms with Crippen LogP contribution in [-0.2, 0) is 4.79 Å². The topological polar surface area (TPSA) is 58.8 Å². The molecule has 2 heterocycles. The van der Waals surface area contributed by atoms with Crippen molar-refractivity contribution in [3.05, 3.63) is 24.3 Å². The molecule has 0 bridgehead atoms. The van der Waals surface area contributed by atoms with Crippen molar-refractivity contribution in [2.45, 2.75) is 25.3 Å². The van der Waals surface area contributed by atoms with Crippen LogP contribution in [0.1, 0.15) is 19.3 Å². The van der Waals surface area contributed by atoms with Crippen molar-refractivity contribution >= 4 is 11.6 Å². The molecule has 5 heteroatoms. The number of amides is 1. The molecule has 0 spiro atoms. The Labute approximate surface area is 125 Å². The van der Waals surface area contributed by atoms with Crippen molar-refractivity contribution in [2.75, 3.05) is 38.5 Å². The van der Waals surface area contributed by atoms with Crippen LogP contribution in [0.4, 0.5) is 5.69 Å². The summed E-state index contributed by atoms with van der Waals surface area (Å²) in [6, 6.07) is 7.83. The van der Waals surface area contributed by atoms with E-state index in [9.17, 15) is 4.79 Å². The van der Waals surface area contributed by atoms with Crippen molar-refractivity contribution in [3.8, 4) is 5.75 Å². The zero-order valence-corrected chi connectivity index (χ0v) is 12.3. The fraction of sp³-hybridized carbons (Fsp3) is 0.562. The van der Waals surface area contributed by atoms with Gasteiger partial charge in [0.2, 0.25) is 0 Å². The summed E-state index contributed by atoms with van der Waals surface area (Å²) in [6.07, 6.45) is 3.51. The number of hydrogen-bond acceptors (Lipinski definition) is 4. The first-order chi connectivity index (χ1) is 10.2. The summed E-state index contributed by atoms with van der Waals surface area (Å²) in [5.74, 6) is 0.648. The summed E-state index contributed by atoms with van der Waals surface area (Å²) < 4.78 is 5.57. The van der Waals surface area contributed by atoms with Gasteiger partial charge < -0.3 is 15.4 Å². The molecular formula is C16H23N3O2. The molecule has 0 aliphatic carbocycles. The van der Waals surface area contributed by atoms with Gasteiger partial charge in [-0.25, -0.2) is 0 Å². The molecule has 2 N–H and O–H groups in total. The minimum absolute atomic E-state index is 0.0620. The number of benzene rings is 1. The fourth-order valence-electron chi connectivity index (χ4n) is 3.28. The van der Waals surface area contributed by atoms with Crippen LogP contribution in [0.5, 0.6) is 5.75 Å². The summed E-state index contributed by atoms with van der Waals surface area (Å²) in [7, 11) is 0. The van der Waals surface area contributed by atoms with Crippen molar-refractivity contribution in [2.24, 2.45) is 0 Å². The molecule has 3 rings (SSSR count). The van der Waals surface area contributed by atoms with E-state index >= 15 is 0 Å². The second-order valence-electron chi connectivity index (χ2n) is 5.85. The largest absolute Gasteiger partial charge is 0.482 e. The van der Waals surface area contributed by atoms with Gasteiger partial charge in [0.15, 0.2) is 6.61 Å². The molecule has 5 nitrogen and oxygen atoms in total. The van der Waals surface area contributed by atoms with Crippen molar-refractivity contribution in [3.63, 3.8) is 0 Å². The van der Waals surface area contributed by atoms with E-state index in [1.54, 1.807) is 12.1 Å². The van der Waals surface area contributed by atoms with Gasteiger partial charge in [-0.05, 0) is 37.9 Å². The first kappa shape index (κ1) is 14.2. The van der Waals surface area contributed by atoms with Gasteiger partial charge in [0, 0.05) is 25.7 Å². The molecule has 2 saturated heterocycles. The van der Waals surface area contributed by atoms with Crippen LogP contribution in [0, 0.1) is 0 Å². The number of fused-ring (bicyclic) bond motifs is 1. The van der Waals surface area contributed by atoms with Crippen LogP contribution in [0.3, 0.4) is 0 Å². The number of nitrogens with two attached hydrogens (primary N) is 1. The first-order valence-electron chi connectivity index (χ1n) is 7.73. The lowest BCUT2D eigenvalue weighted by molar-refractivity contribution is -0.133. The monoisotopic (exact) mass is 289 g/mol. The van der Waals surface area contributed by atoms with E-state index in [4.69, 9.17) is 10.5 Å². The number of ether oxygens (including phenoxy) is 1. The molecule has 0 radical (unpaired) electrons. The maximum atomic E-state index is 12.4. The Morgan fingerprint density at radius 2 is 2.05 bits per heavy atom. The molecule has 114 valence electrons. The average molecular weight is 289 g/mol. The Hall–Kier alpha value is -1.75. The minimum Gasteiger partial charge on any atom is -0.482 e. The van der Waals surface area contributed by atoms with Crippen LogP contribution < -0.4 is 10.5 Å². The average Bonchev–Trinajstić information content (AvgIpc) is 2.83. The van der Waals surface area contributed by atoms with Crippen LogP contribution in [0.2, 0.25) is 0 Å². The van der Waals surface area contributed by atoms with E-state index in [-0.39, 0.29) is 12.5 Å². The molecule has 1 aromatic rings. The van der Waals surface area contributed by atoms with Gasteiger partial charge in [-0.3, -0.25) is 9.69 Å². The van der Waals surface area contributed by atoms with E-state index < -0.39 is 0 Å². The van der Waals surface area contributed by atoms with Crippen molar-refractivity contribution in [1.29, 1.82) is 0 Å². The van der Waals surface area contributed by atoms with Crippen LogP contribution in [-0.4, -0.2) is 54.5 Å². The number of hydrogen-bond donors (Lipinski definition) is 1. The normalized spacial score (nSPS) is 22.7. The zero-order chi connectivity index (χ0) is 14.7. The van der Waals surface area contributed by atoms with Gasteiger partial charge in [-0.15, -0.1) is 0 Å². The molecule has 1 unspecified atom stereocenters. The van der Waals surface area contributed by atoms with E-state index in [2.05, 4.69) is 4.90 Å². The molecule has 0 aromatic heterocycles. The number of rotatable bonds is 3. The third-order valence-electron chi connectivity index (χ3n) is 4.43. The first-order valence-corrected chi connectivity index (χ1v) is 7.73. The number of nitrogens with zero attached hydrogens (tertiary/aromatic N) is 2. The predicted octanol–water partition coefficient (Wildman–Crippen LogP) is 1.34. The maximum Gasteiger partial charge on any atom is 0.260 e. The summed E-state index contributed by atoms with van der Waals surface area (Å²) in [5, 5.41) is 0. The lowest BCUT2D eigenvalue weighted by Crippen LogP contribution is -2.41. The Balaban J connectivity index is 1.56. The molecular weight excluding hydrogens is 266 g/mol. The van der Waals surface area contributed by atoms with E-state index in [0.717, 1.165) is 26.1 Å². The highest BCUT2D eigenvalue weighted by Crippen LogP contribution is 2.22. The summed E-state index contributed by atoms with van der Waals surface area (Å²) in [5.41, 5.74) is 6.40. The fourth-order valence-corrected chi connectivity index (χ4v) is 3.28. The van der Waals surface area contributed by atoms with E-state index in [1.807, 2.05) is 17.0 Å². The molecule has 1 aromatic carbocycles. The third kappa shape index (κ3) is 3.29. The van der Waals surface area contributed by atoms with Gasteiger partial charge in [-0.2, -0.15) is 0 Å². The number of para-hydroxylation sites is 2. The van der Waals surface area contributed by atoms with E-state index in [0.29, 0.717) is 17.5 Å². The maximum absolute atomic E-state index is 12.4. The van der Waals surface area contributed by atoms with Crippen LogP contribution in [0.15, 0.2) is 24.3 Å². The number of nitrogen functional groups attached to an aromatic ring is 1. The number of carbonyl (C=O) groups is 1.